The lowest BCUT2D eigenvalue weighted by Gasteiger charge is -2.35. The summed E-state index contributed by atoms with van der Waals surface area (Å²) in [6, 6.07) is 8.10. The number of pyridine rings is 1. The maximum Gasteiger partial charge on any atom is 0.128 e. The number of hydrogen-bond donors (Lipinski definition) is 0. The van der Waals surface area contributed by atoms with Gasteiger partial charge in [0.1, 0.15) is 17.6 Å². The van der Waals surface area contributed by atoms with Crippen LogP contribution in [0.3, 0.4) is 0 Å². The minimum absolute atomic E-state index is 0.668. The number of hydrogen-bond acceptors (Lipinski definition) is 4. The lowest BCUT2D eigenvalue weighted by atomic mass is 10.2. The van der Waals surface area contributed by atoms with E-state index in [1.165, 1.54) is 5.56 Å². The molecule has 0 atom stereocenters. The summed E-state index contributed by atoms with van der Waals surface area (Å²) < 4.78 is 2.00. The molecule has 3 rings (SSSR count). The van der Waals surface area contributed by atoms with Crippen molar-refractivity contribution >= 4 is 17.4 Å². The minimum Gasteiger partial charge on any atom is -0.354 e. The third-order valence-corrected chi connectivity index (χ3v) is 4.45. The first-order valence-corrected chi connectivity index (χ1v) is 8.25. The van der Waals surface area contributed by atoms with Gasteiger partial charge in [0, 0.05) is 51.7 Å². The zero-order valence-electron chi connectivity index (χ0n) is 13.2. The van der Waals surface area contributed by atoms with Crippen LogP contribution in [0.4, 0.5) is 5.82 Å². The first kappa shape index (κ1) is 15.9. The van der Waals surface area contributed by atoms with E-state index in [-0.39, 0.29) is 0 Å². The van der Waals surface area contributed by atoms with Gasteiger partial charge in [0.15, 0.2) is 0 Å². The van der Waals surface area contributed by atoms with Crippen molar-refractivity contribution in [3.8, 4) is 6.07 Å². The van der Waals surface area contributed by atoms with Crippen LogP contribution in [0.25, 0.3) is 0 Å². The van der Waals surface area contributed by atoms with Crippen molar-refractivity contribution in [2.45, 2.75) is 20.0 Å². The fourth-order valence-electron chi connectivity index (χ4n) is 2.96. The highest BCUT2D eigenvalue weighted by Crippen LogP contribution is 2.18. The summed E-state index contributed by atoms with van der Waals surface area (Å²) in [6.07, 6.45) is 3.78. The van der Waals surface area contributed by atoms with Crippen molar-refractivity contribution in [2.75, 3.05) is 31.1 Å². The first-order valence-electron chi connectivity index (χ1n) is 7.87. The number of halogens is 1. The molecule has 3 heterocycles. The molecular formula is C17H20ClN5. The van der Waals surface area contributed by atoms with E-state index < -0.39 is 0 Å². The number of aryl methyl sites for hydroxylation is 1. The van der Waals surface area contributed by atoms with Gasteiger partial charge in [0.25, 0.3) is 0 Å². The molecular weight excluding hydrogens is 310 g/mol. The Bertz CT molecular complexity index is 693. The number of piperazine rings is 1. The average Bonchev–Trinajstić information content (AvgIpc) is 2.98. The molecule has 23 heavy (non-hydrogen) atoms. The molecule has 0 unspecified atom stereocenters. The van der Waals surface area contributed by atoms with Crippen molar-refractivity contribution in [2.24, 2.45) is 0 Å². The van der Waals surface area contributed by atoms with Gasteiger partial charge in [-0.15, -0.1) is 0 Å². The molecule has 6 heteroatoms. The SMILES string of the molecule is CCn1cc(CN2CCN(c3ccc(Cl)cn3)CC2)cc1C#N. The second-order valence-corrected chi connectivity index (χ2v) is 6.17. The van der Waals surface area contributed by atoms with Crippen LogP contribution in [0, 0.1) is 11.3 Å². The molecule has 0 radical (unpaired) electrons. The minimum atomic E-state index is 0.668. The Labute approximate surface area is 141 Å². The number of aromatic nitrogens is 2. The largest absolute Gasteiger partial charge is 0.354 e. The second-order valence-electron chi connectivity index (χ2n) is 5.73. The maximum atomic E-state index is 9.14. The number of nitrogens with zero attached hydrogens (tertiary/aromatic N) is 5. The highest BCUT2D eigenvalue weighted by Gasteiger charge is 2.18. The molecule has 5 nitrogen and oxygen atoms in total. The average molecular weight is 330 g/mol. The van der Waals surface area contributed by atoms with Crippen molar-refractivity contribution in [3.05, 3.63) is 46.9 Å². The molecule has 1 aliphatic rings. The van der Waals surface area contributed by atoms with Gasteiger partial charge >= 0.3 is 0 Å². The predicted molar refractivity (Wildman–Crippen MR) is 91.6 cm³/mol. The van der Waals surface area contributed by atoms with Crippen LogP contribution in [0.5, 0.6) is 0 Å². The van der Waals surface area contributed by atoms with Gasteiger partial charge in [-0.3, -0.25) is 4.90 Å². The molecule has 1 saturated heterocycles. The fourth-order valence-corrected chi connectivity index (χ4v) is 3.07. The summed E-state index contributed by atoms with van der Waals surface area (Å²) >= 11 is 5.89. The van der Waals surface area contributed by atoms with E-state index in [1.54, 1.807) is 6.20 Å². The topological polar surface area (TPSA) is 48.1 Å². The van der Waals surface area contributed by atoms with Gasteiger partial charge in [-0.25, -0.2) is 4.98 Å². The Morgan fingerprint density at radius 1 is 1.26 bits per heavy atom. The lowest BCUT2D eigenvalue weighted by molar-refractivity contribution is 0.249. The molecule has 0 aliphatic carbocycles. The standard InChI is InChI=1S/C17H20ClN5/c1-2-22-13-14(9-16(22)10-19)12-21-5-7-23(8-6-21)17-4-3-15(18)11-20-17/h3-4,9,11,13H,2,5-8,12H2,1H3. The monoisotopic (exact) mass is 329 g/mol. The molecule has 2 aromatic rings. The zero-order chi connectivity index (χ0) is 16.2. The number of nitriles is 1. The van der Waals surface area contributed by atoms with E-state index >= 15 is 0 Å². The highest BCUT2D eigenvalue weighted by molar-refractivity contribution is 6.30. The van der Waals surface area contributed by atoms with E-state index in [2.05, 4.69) is 34.0 Å². The lowest BCUT2D eigenvalue weighted by Crippen LogP contribution is -2.46. The fraction of sp³-hybridized carbons (Fsp3) is 0.412. The zero-order valence-corrected chi connectivity index (χ0v) is 14.0. The molecule has 0 amide bonds. The van der Waals surface area contributed by atoms with E-state index in [4.69, 9.17) is 16.9 Å². The molecule has 2 aromatic heterocycles. The Morgan fingerprint density at radius 3 is 2.61 bits per heavy atom. The van der Waals surface area contributed by atoms with Gasteiger partial charge in [-0.2, -0.15) is 5.26 Å². The van der Waals surface area contributed by atoms with Crippen LogP contribution in [0.1, 0.15) is 18.2 Å². The van der Waals surface area contributed by atoms with Gasteiger partial charge < -0.3 is 9.47 Å². The van der Waals surface area contributed by atoms with Gasteiger partial charge in [0.05, 0.1) is 5.02 Å². The molecule has 1 fully saturated rings. The Balaban J connectivity index is 1.58. The van der Waals surface area contributed by atoms with Crippen LogP contribution in [-0.4, -0.2) is 40.6 Å². The number of rotatable bonds is 4. The molecule has 1 aliphatic heterocycles. The van der Waals surface area contributed by atoms with Gasteiger partial charge in [-0.05, 0) is 30.7 Å². The second kappa shape index (κ2) is 7.03. The third-order valence-electron chi connectivity index (χ3n) is 4.22. The summed E-state index contributed by atoms with van der Waals surface area (Å²) in [4.78, 5) is 9.09. The molecule has 120 valence electrons. The van der Waals surface area contributed by atoms with Crippen LogP contribution in [-0.2, 0) is 13.1 Å². The normalized spacial score (nSPS) is 15.6. The van der Waals surface area contributed by atoms with Crippen molar-refractivity contribution in [1.82, 2.24) is 14.5 Å². The summed E-state index contributed by atoms with van der Waals surface area (Å²) in [5.41, 5.74) is 1.95. The molecule has 0 N–H and O–H groups in total. The smallest absolute Gasteiger partial charge is 0.128 e. The van der Waals surface area contributed by atoms with E-state index in [1.807, 2.05) is 22.8 Å². The van der Waals surface area contributed by atoms with E-state index in [9.17, 15) is 0 Å². The molecule has 0 aromatic carbocycles. The van der Waals surface area contributed by atoms with Crippen LogP contribution < -0.4 is 4.90 Å². The van der Waals surface area contributed by atoms with E-state index in [0.29, 0.717) is 5.02 Å². The Morgan fingerprint density at radius 2 is 2.04 bits per heavy atom. The summed E-state index contributed by atoms with van der Waals surface area (Å²) in [6.45, 7) is 7.67. The first-order chi connectivity index (χ1) is 11.2. The van der Waals surface area contributed by atoms with Crippen LogP contribution >= 0.6 is 11.6 Å². The summed E-state index contributed by atoms with van der Waals surface area (Å²) in [7, 11) is 0. The Kier molecular flexibility index (Phi) is 4.85. The van der Waals surface area contributed by atoms with Crippen molar-refractivity contribution in [1.29, 1.82) is 5.26 Å². The molecule has 0 saturated carbocycles. The van der Waals surface area contributed by atoms with Crippen LogP contribution in [0.2, 0.25) is 5.02 Å². The summed E-state index contributed by atoms with van der Waals surface area (Å²) in [5, 5.41) is 9.81. The van der Waals surface area contributed by atoms with Gasteiger partial charge in [0.2, 0.25) is 0 Å². The summed E-state index contributed by atoms with van der Waals surface area (Å²) in [5.74, 6) is 0.984. The quantitative estimate of drug-likeness (QED) is 0.865. The van der Waals surface area contributed by atoms with Crippen LogP contribution in [0.15, 0.2) is 30.6 Å². The maximum absolute atomic E-state index is 9.14. The van der Waals surface area contributed by atoms with E-state index in [0.717, 1.165) is 50.8 Å². The predicted octanol–water partition coefficient (Wildman–Crippen LogP) is 2.75. The van der Waals surface area contributed by atoms with Crippen molar-refractivity contribution in [3.63, 3.8) is 0 Å². The van der Waals surface area contributed by atoms with Crippen molar-refractivity contribution < 1.29 is 0 Å². The van der Waals surface area contributed by atoms with Gasteiger partial charge in [-0.1, -0.05) is 11.6 Å². The Hall–Kier alpha value is -2.03. The third kappa shape index (κ3) is 3.66. The molecule has 0 spiro atoms. The number of anilines is 1. The molecule has 0 bridgehead atoms. The highest BCUT2D eigenvalue weighted by atomic mass is 35.5.